The molecule has 79 heavy (non-hydrogen) atoms. The van der Waals surface area contributed by atoms with Crippen LogP contribution in [0.25, 0.3) is 22.3 Å². The normalized spacial score (nSPS) is 13.6. The highest BCUT2D eigenvalue weighted by Gasteiger charge is 2.32. The highest BCUT2D eigenvalue weighted by atomic mass is 32.2. The third-order valence-corrected chi connectivity index (χ3v) is 14.4. The largest absolute Gasteiger partial charge is 0.381 e. The van der Waals surface area contributed by atoms with Gasteiger partial charge in [0.2, 0.25) is 35.4 Å². The molecule has 2 aromatic carbocycles. The molecule has 8 amide bonds. The molecule has 2 aliphatic heterocycles. The highest BCUT2D eigenvalue weighted by molar-refractivity contribution is 8.00. The molecule has 0 fully saturated rings. The number of ether oxygens (including phenoxy) is 1. The average Bonchev–Trinajstić information content (AvgIpc) is 4.06. The summed E-state index contributed by atoms with van der Waals surface area (Å²) in [5.41, 5.74) is 11.7. The summed E-state index contributed by atoms with van der Waals surface area (Å²) in [6, 6.07) is 11.0. The number of hydrogen-bond donors (Lipinski definition) is 7. The van der Waals surface area contributed by atoms with Crippen LogP contribution in [0.3, 0.4) is 0 Å². The van der Waals surface area contributed by atoms with E-state index in [1.807, 2.05) is 27.7 Å². The van der Waals surface area contributed by atoms with Crippen LogP contribution in [-0.4, -0.2) is 123 Å². The lowest BCUT2D eigenvalue weighted by Gasteiger charge is -2.22. The second-order valence-electron chi connectivity index (χ2n) is 19.3. The van der Waals surface area contributed by atoms with Gasteiger partial charge in [0.1, 0.15) is 18.0 Å². The number of aromatic nitrogens is 2. The van der Waals surface area contributed by atoms with Crippen LogP contribution < -0.4 is 37.9 Å². The number of nitrogens with one attached hydrogen (secondary N) is 5. The first-order valence-electron chi connectivity index (χ1n) is 26.1. The SMILES string of the molecule is CC.CC(C)(CC(N)=O)SCNC(=O)CNC(=O)C(Cc1ccccc1)NC(=O)CNC(=O)CNC(=O)CCCCCN1C(=O)C=CC1=O.COCc1c(C(O)C=O)cc2n(c1=O)Cc1c-2nc2cc(F)c(C)c3c2c1CCC3. The van der Waals surface area contributed by atoms with Gasteiger partial charge in [-0.05, 0) is 67.3 Å². The van der Waals surface area contributed by atoms with E-state index in [1.54, 1.807) is 47.9 Å². The van der Waals surface area contributed by atoms with Gasteiger partial charge in [-0.25, -0.2) is 9.37 Å². The van der Waals surface area contributed by atoms with Crippen molar-refractivity contribution in [3.63, 3.8) is 0 Å². The molecule has 1 aliphatic carbocycles. The minimum Gasteiger partial charge on any atom is -0.381 e. The Bertz CT molecular complexity index is 3020. The Hall–Kier alpha value is -7.63. The van der Waals surface area contributed by atoms with Crippen molar-refractivity contribution >= 4 is 76.2 Å². The van der Waals surface area contributed by atoms with Crippen molar-refractivity contribution in [2.24, 2.45) is 5.73 Å². The number of rotatable bonds is 25. The zero-order valence-electron chi connectivity index (χ0n) is 45.4. The fraction of sp³-hybridized carbons (Fsp3) is 0.446. The predicted octanol–water partition coefficient (Wildman–Crippen LogP) is 2.78. The molecule has 4 heterocycles. The summed E-state index contributed by atoms with van der Waals surface area (Å²) in [7, 11) is 1.46. The molecular weight excluding hydrogens is 1040 g/mol. The molecule has 0 bridgehead atoms. The molecule has 7 rings (SSSR count). The second kappa shape index (κ2) is 29.4. The van der Waals surface area contributed by atoms with E-state index in [0.717, 1.165) is 51.8 Å². The van der Waals surface area contributed by atoms with Gasteiger partial charge in [0.05, 0.1) is 55.6 Å². The smallest absolute Gasteiger partial charge is 0.257 e. The van der Waals surface area contributed by atoms with Gasteiger partial charge in [-0.15, -0.1) is 11.8 Å². The van der Waals surface area contributed by atoms with Crippen LogP contribution in [0.2, 0.25) is 0 Å². The van der Waals surface area contributed by atoms with Gasteiger partial charge in [0.25, 0.3) is 17.4 Å². The molecule has 0 saturated heterocycles. The van der Waals surface area contributed by atoms with Crippen LogP contribution in [0.5, 0.6) is 0 Å². The van der Waals surface area contributed by atoms with Gasteiger partial charge in [-0.1, -0.05) is 64.4 Å². The summed E-state index contributed by atoms with van der Waals surface area (Å²) in [4.78, 5) is 127. The number of pyridine rings is 2. The molecule has 8 N–H and O–H groups in total. The number of nitrogens with zero attached hydrogens (tertiary/aromatic N) is 3. The van der Waals surface area contributed by atoms with Crippen LogP contribution in [0, 0.1) is 12.7 Å². The Morgan fingerprint density at radius 3 is 2.19 bits per heavy atom. The van der Waals surface area contributed by atoms with Crippen LogP contribution in [0.15, 0.2) is 59.4 Å². The van der Waals surface area contributed by atoms with E-state index in [1.165, 1.54) is 37.1 Å². The van der Waals surface area contributed by atoms with Gasteiger partial charge in [0.15, 0.2) is 6.29 Å². The number of aliphatic hydroxyl groups is 1. The number of aliphatic hydroxyl groups excluding tert-OH is 1. The highest BCUT2D eigenvalue weighted by Crippen LogP contribution is 2.41. The van der Waals surface area contributed by atoms with Gasteiger partial charge in [0, 0.05) is 78.0 Å². The summed E-state index contributed by atoms with van der Waals surface area (Å²) in [5.74, 6) is -3.92. The maximum atomic E-state index is 14.5. The van der Waals surface area contributed by atoms with Crippen LogP contribution >= 0.6 is 11.8 Å². The quantitative estimate of drug-likeness (QED) is 0.0192. The number of primary amides is 1. The van der Waals surface area contributed by atoms with E-state index in [-0.39, 0.29) is 91.6 Å². The number of imide groups is 1. The van der Waals surface area contributed by atoms with E-state index >= 15 is 0 Å². The topological polar surface area (TPSA) is 307 Å². The first-order chi connectivity index (χ1) is 37.7. The van der Waals surface area contributed by atoms with Gasteiger partial charge in [-0.2, -0.15) is 0 Å². The fourth-order valence-corrected chi connectivity index (χ4v) is 10.2. The molecule has 23 heteroatoms. The number of fused-ring (bicyclic) bond motifs is 4. The van der Waals surface area contributed by atoms with Crippen molar-refractivity contribution in [1.29, 1.82) is 0 Å². The van der Waals surface area contributed by atoms with Crippen molar-refractivity contribution in [1.82, 2.24) is 41.0 Å². The molecule has 0 saturated carbocycles. The van der Waals surface area contributed by atoms with E-state index in [9.17, 15) is 57.4 Å². The van der Waals surface area contributed by atoms with Crippen LogP contribution in [0.1, 0.15) is 111 Å². The van der Waals surface area contributed by atoms with Crippen molar-refractivity contribution in [3.8, 4) is 11.4 Å². The number of unbranched alkanes of at least 4 members (excludes halogenated alkanes) is 2. The predicted molar refractivity (Wildman–Crippen MR) is 294 cm³/mol. The molecule has 3 aliphatic rings. The maximum Gasteiger partial charge on any atom is 0.257 e. The summed E-state index contributed by atoms with van der Waals surface area (Å²) >= 11 is 1.33. The zero-order valence-corrected chi connectivity index (χ0v) is 46.2. The summed E-state index contributed by atoms with van der Waals surface area (Å²) in [5, 5.41) is 23.8. The molecule has 2 unspecified atom stereocenters. The number of benzene rings is 2. The number of thioether (sulfide) groups is 1. The number of aryl methyl sites for hydroxylation is 2. The van der Waals surface area contributed by atoms with Gasteiger partial charge < -0.3 is 51.5 Å². The second-order valence-corrected chi connectivity index (χ2v) is 21.0. The van der Waals surface area contributed by atoms with E-state index in [2.05, 4.69) is 26.6 Å². The number of halogens is 1. The molecule has 21 nitrogen and oxygen atoms in total. The lowest BCUT2D eigenvalue weighted by Crippen LogP contribution is -2.52. The Morgan fingerprint density at radius 1 is 0.873 bits per heavy atom. The van der Waals surface area contributed by atoms with Gasteiger partial charge in [-0.3, -0.25) is 48.1 Å². The third-order valence-electron chi connectivity index (χ3n) is 13.2. The van der Waals surface area contributed by atoms with Crippen LogP contribution in [-0.2, 0) is 80.3 Å². The molecule has 4 aromatic rings. The average molecular weight is 1110 g/mol. The molecule has 2 aromatic heterocycles. The molecule has 0 radical (unpaired) electrons. The molecule has 424 valence electrons. The van der Waals surface area contributed by atoms with E-state index in [0.29, 0.717) is 54.6 Å². The van der Waals surface area contributed by atoms with Crippen LogP contribution in [0.4, 0.5) is 4.39 Å². The lowest BCUT2D eigenvalue weighted by molar-refractivity contribution is -0.137. The first-order valence-corrected chi connectivity index (χ1v) is 27.1. The maximum absolute atomic E-state index is 14.5. The summed E-state index contributed by atoms with van der Waals surface area (Å²) < 4.78 is 20.8. The minimum atomic E-state index is -1.43. The molecular formula is C56H70FN9O12S. The first kappa shape index (κ1) is 62.2. The van der Waals surface area contributed by atoms with E-state index < -0.39 is 53.0 Å². The van der Waals surface area contributed by atoms with Crippen molar-refractivity contribution < 1.29 is 57.4 Å². The Kier molecular flexibility index (Phi) is 23.1. The standard InChI is InChI=1S/C31H43N7O8S.C23H21FN2O4.C2H6/c1-31(2,16-23(32)39)47-20-36-26(42)18-35-30(46)22(15-21-9-5-3-6-10-21)37-27(43)19-34-25(41)17-33-24(40)11-7-4-8-14-38-28(44)12-13-29(38)45;1-11-12-4-3-5-13-15-8-26-19(22(15)25-18(21(12)13)7-17(11)24)6-14(20(28)9-27)16(10-30-2)23(26)29;1-2/h3,5-6,9-10,12-13,22H,4,7-8,11,14-20H2,1-2H3,(H2,32,39)(H,33,40)(H,34,41)(H,35,46)(H,36,42)(H,37,43);6-7,9,20,28H,3-5,8,10H2,1-2H3;1-2H3. The number of methoxy groups -OCH3 is 1. The lowest BCUT2D eigenvalue weighted by atomic mass is 9.85. The van der Waals surface area contributed by atoms with Gasteiger partial charge >= 0.3 is 0 Å². The Balaban J connectivity index is 0.000000305. The Morgan fingerprint density at radius 2 is 1.52 bits per heavy atom. The monoisotopic (exact) mass is 1110 g/mol. The number of carbonyl (C=O) groups excluding carboxylic acids is 9. The minimum absolute atomic E-state index is 0.00743. The summed E-state index contributed by atoms with van der Waals surface area (Å²) in [6.07, 6.45) is 6.04. The number of amides is 8. The molecule has 2 atom stereocenters. The fourth-order valence-electron chi connectivity index (χ4n) is 9.28. The zero-order chi connectivity index (χ0) is 58.0. The number of aldehydes is 1. The molecule has 0 spiro atoms. The number of carbonyl (C=O) groups is 9. The summed E-state index contributed by atoms with van der Waals surface area (Å²) in [6.45, 7) is 8.93. The number of hydrogen-bond acceptors (Lipinski definition) is 14. The Labute approximate surface area is 461 Å². The van der Waals surface area contributed by atoms with E-state index in [4.69, 9.17) is 15.5 Å². The van der Waals surface area contributed by atoms with Crippen molar-refractivity contribution in [2.45, 2.75) is 122 Å². The third kappa shape index (κ3) is 16.9. The van der Waals surface area contributed by atoms with Crippen molar-refractivity contribution in [3.05, 3.63) is 110 Å². The number of nitrogens with two attached hydrogens (primary N) is 1. The van der Waals surface area contributed by atoms with Crippen molar-refractivity contribution in [2.75, 3.05) is 39.2 Å².